The van der Waals surface area contributed by atoms with Crippen molar-refractivity contribution in [2.75, 3.05) is 13.1 Å². The Hall–Kier alpha value is -1.44. The highest BCUT2D eigenvalue weighted by molar-refractivity contribution is 7.27. The fourth-order valence-corrected chi connectivity index (χ4v) is 14.0. The fraction of sp³-hybridized carbons (Fsp3) is 0.412. The van der Waals surface area contributed by atoms with Gasteiger partial charge in [-0.25, -0.2) is 0 Å². The van der Waals surface area contributed by atoms with E-state index >= 15 is 0 Å². The molecular weight excluding hydrogens is 600 g/mol. The number of benzene rings is 2. The van der Waals surface area contributed by atoms with E-state index in [9.17, 15) is 0 Å². The highest BCUT2D eigenvalue weighted by Gasteiger charge is 2.33. The summed E-state index contributed by atoms with van der Waals surface area (Å²) in [6, 6.07) is 25.3. The largest absolute Gasteiger partial charge is 0.294 e. The van der Waals surface area contributed by atoms with Crippen LogP contribution >= 0.6 is 45.9 Å². The van der Waals surface area contributed by atoms with E-state index in [2.05, 4.69) is 83.7 Å². The van der Waals surface area contributed by atoms with Crippen LogP contribution in [0.4, 0.5) is 0 Å². The molecule has 41 heavy (non-hydrogen) atoms. The van der Waals surface area contributed by atoms with Crippen LogP contribution in [0.5, 0.6) is 0 Å². The minimum Gasteiger partial charge on any atom is -0.294 e. The average molecular weight is 642 g/mol. The number of nitrogens with zero attached hydrogens (tertiary/aromatic N) is 2. The van der Waals surface area contributed by atoms with E-state index in [0.29, 0.717) is 0 Å². The maximum atomic E-state index is 6.34. The molecular formula is C34H42Cl2N2S2Si. The first-order valence-corrected chi connectivity index (χ1v) is 20.1. The van der Waals surface area contributed by atoms with E-state index in [1.165, 1.54) is 47.7 Å². The molecule has 2 aromatic carbocycles. The van der Waals surface area contributed by atoms with Crippen molar-refractivity contribution in [3.05, 3.63) is 108 Å². The van der Waals surface area contributed by atoms with E-state index < -0.39 is 8.07 Å². The maximum absolute atomic E-state index is 6.34. The first kappa shape index (κ1) is 31.0. The van der Waals surface area contributed by atoms with Crippen LogP contribution in [-0.4, -0.2) is 31.0 Å². The number of fused-ring (bicyclic) bond motifs is 2. The van der Waals surface area contributed by atoms with Gasteiger partial charge in [0.2, 0.25) is 0 Å². The molecule has 0 fully saturated rings. The van der Waals surface area contributed by atoms with Crippen molar-refractivity contribution < 1.29 is 0 Å². The van der Waals surface area contributed by atoms with Crippen LogP contribution in [0.2, 0.25) is 28.2 Å². The van der Waals surface area contributed by atoms with Crippen LogP contribution in [0.25, 0.3) is 0 Å². The van der Waals surface area contributed by atoms with Gasteiger partial charge in [-0.3, -0.25) is 9.80 Å². The molecule has 2 nitrogen and oxygen atoms in total. The molecule has 0 atom stereocenters. The van der Waals surface area contributed by atoms with Crippen molar-refractivity contribution >= 4 is 58.4 Å². The predicted octanol–water partition coefficient (Wildman–Crippen LogP) is 9.64. The Kier molecular flexibility index (Phi) is 10.9. The van der Waals surface area contributed by atoms with Crippen molar-refractivity contribution in [3.63, 3.8) is 0 Å². The van der Waals surface area contributed by atoms with Gasteiger partial charge >= 0.3 is 0 Å². The summed E-state index contributed by atoms with van der Waals surface area (Å²) in [4.78, 5) is 8.22. The lowest BCUT2D eigenvalue weighted by Crippen LogP contribution is -2.43. The molecule has 0 amide bonds. The molecule has 4 aromatic rings. The molecule has 4 heterocycles. The summed E-state index contributed by atoms with van der Waals surface area (Å²) in [7, 11) is -1.24. The smallest absolute Gasteiger partial charge is 0.0987 e. The van der Waals surface area contributed by atoms with Gasteiger partial charge in [-0.05, 0) is 69.2 Å². The molecule has 2 aromatic heterocycles. The van der Waals surface area contributed by atoms with Crippen LogP contribution in [0.3, 0.4) is 0 Å². The number of hydrogen-bond acceptors (Lipinski definition) is 4. The van der Waals surface area contributed by atoms with E-state index in [1.807, 2.05) is 35.6 Å². The topological polar surface area (TPSA) is 6.48 Å². The Morgan fingerprint density at radius 1 is 0.707 bits per heavy atom. The Bertz CT molecular complexity index is 1420. The Balaban J connectivity index is 0.000000174. The molecule has 0 bridgehead atoms. The van der Waals surface area contributed by atoms with Gasteiger partial charge in [-0.15, -0.1) is 22.7 Å². The molecule has 0 unspecified atom stereocenters. The standard InChI is InChI=1S/C20H28ClNSSi.C14H14ClNS/c1-4-24(5-2,6-3)20-13-17-15-22(12-11-19(17)23-20)14-16-9-7-8-10-18(16)21;15-13-4-2-1-3-11(13)9-16-7-5-14-12(10-16)6-8-17-14/h7-10,13H,4-6,11-12,14-15H2,1-3H3;1-4,6,8H,5,7,9-10H2. The van der Waals surface area contributed by atoms with Crippen molar-refractivity contribution in [3.8, 4) is 0 Å². The van der Waals surface area contributed by atoms with Crippen LogP contribution in [0, 0.1) is 0 Å². The zero-order valence-corrected chi connectivity index (χ0v) is 28.7. The lowest BCUT2D eigenvalue weighted by atomic mass is 10.1. The van der Waals surface area contributed by atoms with Gasteiger partial charge in [0.25, 0.3) is 0 Å². The number of halogens is 2. The van der Waals surface area contributed by atoms with Gasteiger partial charge in [-0.1, -0.05) is 98.5 Å². The fourth-order valence-electron chi connectivity index (χ4n) is 6.24. The van der Waals surface area contributed by atoms with Crippen LogP contribution in [0.15, 0.2) is 66.0 Å². The minimum atomic E-state index is -1.24. The summed E-state index contributed by atoms with van der Waals surface area (Å²) >= 11 is 16.6. The Labute approximate surface area is 265 Å². The molecule has 0 N–H and O–H groups in total. The van der Waals surface area contributed by atoms with Gasteiger partial charge in [0.1, 0.15) is 0 Å². The number of thiophene rings is 2. The zero-order valence-electron chi connectivity index (χ0n) is 24.6. The Morgan fingerprint density at radius 2 is 1.24 bits per heavy atom. The monoisotopic (exact) mass is 640 g/mol. The summed E-state index contributed by atoms with van der Waals surface area (Å²) in [6.07, 6.45) is 2.38. The van der Waals surface area contributed by atoms with Crippen LogP contribution < -0.4 is 4.50 Å². The third-order valence-corrected chi connectivity index (χ3v) is 18.8. The van der Waals surface area contributed by atoms with E-state index in [0.717, 1.165) is 49.3 Å². The second kappa shape index (κ2) is 14.4. The minimum absolute atomic E-state index is 0.878. The van der Waals surface area contributed by atoms with Crippen molar-refractivity contribution in [1.29, 1.82) is 0 Å². The highest BCUT2D eigenvalue weighted by Crippen LogP contribution is 2.31. The third-order valence-electron chi connectivity index (χ3n) is 9.09. The Morgan fingerprint density at radius 3 is 1.80 bits per heavy atom. The van der Waals surface area contributed by atoms with Gasteiger partial charge in [-0.2, -0.15) is 0 Å². The third kappa shape index (κ3) is 7.38. The van der Waals surface area contributed by atoms with Crippen LogP contribution in [-0.2, 0) is 39.0 Å². The molecule has 218 valence electrons. The van der Waals surface area contributed by atoms with Gasteiger partial charge < -0.3 is 0 Å². The summed E-state index contributed by atoms with van der Waals surface area (Å²) in [6.45, 7) is 13.6. The second-order valence-electron chi connectivity index (χ2n) is 11.4. The second-order valence-corrected chi connectivity index (χ2v) is 19.9. The lowest BCUT2D eigenvalue weighted by molar-refractivity contribution is 0.247. The highest BCUT2D eigenvalue weighted by atomic mass is 35.5. The number of rotatable bonds is 8. The molecule has 0 radical (unpaired) electrons. The average Bonchev–Trinajstić information content (AvgIpc) is 3.64. The molecule has 0 saturated heterocycles. The molecule has 7 heteroatoms. The molecule has 0 aliphatic carbocycles. The molecule has 0 saturated carbocycles. The van der Waals surface area contributed by atoms with Crippen LogP contribution in [0.1, 0.15) is 52.8 Å². The first-order chi connectivity index (χ1) is 19.9. The summed E-state index contributed by atoms with van der Waals surface area (Å²) in [5.41, 5.74) is 5.55. The molecule has 6 rings (SSSR count). The van der Waals surface area contributed by atoms with E-state index in [4.69, 9.17) is 23.2 Å². The quantitative estimate of drug-likeness (QED) is 0.177. The summed E-state index contributed by atoms with van der Waals surface area (Å²) in [5, 5.41) is 3.97. The predicted molar refractivity (Wildman–Crippen MR) is 184 cm³/mol. The van der Waals surface area contributed by atoms with E-state index in [-0.39, 0.29) is 0 Å². The first-order valence-electron chi connectivity index (χ1n) is 15.0. The SMILES string of the molecule is CC[Si](CC)(CC)c1cc2c(s1)CCN(Cc1ccccc1Cl)C2.Clc1ccccc1CN1CCc2sccc2C1. The maximum Gasteiger partial charge on any atom is 0.0987 e. The van der Waals surface area contributed by atoms with Crippen molar-refractivity contribution in [2.24, 2.45) is 0 Å². The summed E-state index contributed by atoms with van der Waals surface area (Å²) in [5.74, 6) is 0. The van der Waals surface area contributed by atoms with Gasteiger partial charge in [0.15, 0.2) is 0 Å². The normalized spacial score (nSPS) is 15.6. The van der Waals surface area contributed by atoms with Gasteiger partial charge in [0.05, 0.1) is 8.07 Å². The van der Waals surface area contributed by atoms with Gasteiger partial charge in [0, 0.05) is 59.1 Å². The van der Waals surface area contributed by atoms with Crippen molar-refractivity contribution in [1.82, 2.24) is 9.80 Å². The zero-order chi connectivity index (χ0) is 28.8. The molecule has 2 aliphatic heterocycles. The molecule has 2 aliphatic rings. The van der Waals surface area contributed by atoms with Crippen molar-refractivity contribution in [2.45, 2.75) is 77.9 Å². The van der Waals surface area contributed by atoms with E-state index in [1.54, 1.807) is 19.8 Å². The molecule has 0 spiro atoms. The lowest BCUT2D eigenvalue weighted by Gasteiger charge is -2.27. The number of hydrogen-bond donors (Lipinski definition) is 0. The summed E-state index contributed by atoms with van der Waals surface area (Å²) < 4.78 is 1.75.